The highest BCUT2D eigenvalue weighted by atomic mass is 32.2. The van der Waals surface area contributed by atoms with Crippen molar-refractivity contribution in [2.45, 2.75) is 12.5 Å². The first-order valence-corrected chi connectivity index (χ1v) is 13.0. The summed E-state index contributed by atoms with van der Waals surface area (Å²) in [5, 5.41) is 2.79. The van der Waals surface area contributed by atoms with Crippen LogP contribution < -0.4 is 19.5 Å². The minimum atomic E-state index is -3.61. The van der Waals surface area contributed by atoms with E-state index >= 15 is 0 Å². The SMILES string of the molecule is COc1cc2c(cc1OC)[C@@H](c1ccccc1)N(C(=O)NCCS(=O)(=O)Nc1ccccc1)CC2. The minimum Gasteiger partial charge on any atom is -0.493 e. The largest absolute Gasteiger partial charge is 0.493 e. The lowest BCUT2D eigenvalue weighted by atomic mass is 9.88. The molecule has 0 saturated carbocycles. The molecule has 3 aromatic rings. The zero-order valence-corrected chi connectivity index (χ0v) is 20.5. The second kappa shape index (κ2) is 10.7. The van der Waals surface area contributed by atoms with Crippen LogP contribution in [0, 0.1) is 0 Å². The molecule has 1 heterocycles. The fraction of sp³-hybridized carbons (Fsp3) is 0.269. The second-order valence-electron chi connectivity index (χ2n) is 8.18. The number of nitrogens with one attached hydrogen (secondary N) is 2. The van der Waals surface area contributed by atoms with Gasteiger partial charge in [-0.1, -0.05) is 48.5 Å². The highest BCUT2D eigenvalue weighted by Gasteiger charge is 2.33. The van der Waals surface area contributed by atoms with Crippen LogP contribution in [0.4, 0.5) is 10.5 Å². The molecule has 2 N–H and O–H groups in total. The van der Waals surface area contributed by atoms with Crippen molar-refractivity contribution in [3.05, 3.63) is 89.5 Å². The summed E-state index contributed by atoms with van der Waals surface area (Å²) in [6.45, 7) is 0.459. The molecule has 9 heteroatoms. The number of sulfonamides is 1. The van der Waals surface area contributed by atoms with Gasteiger partial charge in [-0.25, -0.2) is 13.2 Å². The van der Waals surface area contributed by atoms with Crippen molar-refractivity contribution in [2.75, 3.05) is 37.8 Å². The van der Waals surface area contributed by atoms with Gasteiger partial charge in [-0.05, 0) is 47.4 Å². The van der Waals surface area contributed by atoms with Crippen LogP contribution in [0.2, 0.25) is 0 Å². The Morgan fingerprint density at radius 3 is 2.26 bits per heavy atom. The number of fused-ring (bicyclic) bond motifs is 1. The molecule has 0 saturated heterocycles. The Hall–Kier alpha value is -3.72. The second-order valence-corrected chi connectivity index (χ2v) is 10.0. The quantitative estimate of drug-likeness (QED) is 0.496. The molecule has 1 aliphatic heterocycles. The number of carbonyl (C=O) groups is 1. The maximum atomic E-state index is 13.3. The molecule has 0 radical (unpaired) electrons. The number of para-hydroxylation sites is 1. The van der Waals surface area contributed by atoms with Crippen molar-refractivity contribution >= 4 is 21.7 Å². The lowest BCUT2D eigenvalue weighted by molar-refractivity contribution is 0.180. The van der Waals surface area contributed by atoms with Gasteiger partial charge in [-0.3, -0.25) is 4.72 Å². The lowest BCUT2D eigenvalue weighted by Gasteiger charge is -2.38. The topological polar surface area (TPSA) is 97.0 Å². The maximum Gasteiger partial charge on any atom is 0.318 e. The number of anilines is 1. The summed E-state index contributed by atoms with van der Waals surface area (Å²) < 4.78 is 38.4. The zero-order valence-electron chi connectivity index (χ0n) is 19.7. The molecule has 0 aromatic heterocycles. The predicted molar refractivity (Wildman–Crippen MR) is 135 cm³/mol. The molecule has 35 heavy (non-hydrogen) atoms. The van der Waals surface area contributed by atoms with Crippen molar-refractivity contribution in [1.82, 2.24) is 10.2 Å². The van der Waals surface area contributed by atoms with Gasteiger partial charge in [-0.2, -0.15) is 0 Å². The van der Waals surface area contributed by atoms with E-state index in [2.05, 4.69) is 10.0 Å². The van der Waals surface area contributed by atoms with Crippen LogP contribution in [0.25, 0.3) is 0 Å². The predicted octanol–water partition coefficient (Wildman–Crippen LogP) is 3.80. The van der Waals surface area contributed by atoms with Crippen molar-refractivity contribution in [1.29, 1.82) is 0 Å². The zero-order chi connectivity index (χ0) is 24.8. The molecule has 0 aliphatic carbocycles. The number of rotatable bonds is 8. The average molecular weight is 496 g/mol. The standard InChI is InChI=1S/C26H29N3O5S/c1-33-23-17-20-13-15-29(25(19-9-5-3-6-10-19)22(20)18-24(23)34-2)26(30)27-14-16-35(31,32)28-21-11-7-4-8-12-21/h3-12,17-18,25,28H,13-16H2,1-2H3,(H,27,30)/t25-/m1/s1. The highest BCUT2D eigenvalue weighted by Crippen LogP contribution is 2.40. The Balaban J connectivity index is 1.53. The van der Waals surface area contributed by atoms with Gasteiger partial charge in [-0.15, -0.1) is 0 Å². The first-order valence-electron chi connectivity index (χ1n) is 11.3. The third-order valence-electron chi connectivity index (χ3n) is 5.94. The van der Waals surface area contributed by atoms with E-state index in [0.29, 0.717) is 30.2 Å². The Morgan fingerprint density at radius 2 is 1.60 bits per heavy atom. The highest BCUT2D eigenvalue weighted by molar-refractivity contribution is 7.92. The summed E-state index contributed by atoms with van der Waals surface area (Å²) >= 11 is 0. The molecule has 3 aromatic carbocycles. The molecular formula is C26H29N3O5S. The van der Waals surface area contributed by atoms with Gasteiger partial charge in [0.1, 0.15) is 0 Å². The lowest BCUT2D eigenvalue weighted by Crippen LogP contribution is -2.47. The van der Waals surface area contributed by atoms with Gasteiger partial charge >= 0.3 is 6.03 Å². The summed E-state index contributed by atoms with van der Waals surface area (Å²) in [7, 11) is -0.424. The van der Waals surface area contributed by atoms with Crippen LogP contribution in [0.5, 0.6) is 11.5 Å². The normalized spacial score (nSPS) is 15.1. The van der Waals surface area contributed by atoms with E-state index in [1.165, 1.54) is 0 Å². The number of nitrogens with zero attached hydrogens (tertiary/aromatic N) is 1. The fourth-order valence-electron chi connectivity index (χ4n) is 4.29. The molecule has 0 spiro atoms. The van der Waals surface area contributed by atoms with Crippen molar-refractivity contribution in [3.63, 3.8) is 0 Å². The molecule has 0 bridgehead atoms. The first kappa shape index (κ1) is 24.4. The summed E-state index contributed by atoms with van der Waals surface area (Å²) in [6.07, 6.45) is 0.639. The van der Waals surface area contributed by atoms with Crippen molar-refractivity contribution < 1.29 is 22.7 Å². The number of methoxy groups -OCH3 is 2. The molecule has 0 unspecified atom stereocenters. The number of hydrogen-bond acceptors (Lipinski definition) is 5. The minimum absolute atomic E-state index is 0.0161. The smallest absolute Gasteiger partial charge is 0.318 e. The van der Waals surface area contributed by atoms with Gasteiger partial charge in [0.25, 0.3) is 0 Å². The third kappa shape index (κ3) is 5.68. The Kier molecular flexibility index (Phi) is 7.45. The first-order chi connectivity index (χ1) is 16.9. The summed E-state index contributed by atoms with van der Waals surface area (Å²) in [6, 6.07) is 21.6. The van der Waals surface area contributed by atoms with Crippen LogP contribution in [0.1, 0.15) is 22.7 Å². The van der Waals surface area contributed by atoms with Gasteiger partial charge in [0, 0.05) is 18.8 Å². The summed E-state index contributed by atoms with van der Waals surface area (Å²) in [5.41, 5.74) is 3.47. The van der Waals surface area contributed by atoms with Crippen LogP contribution in [-0.2, 0) is 16.4 Å². The maximum absolute atomic E-state index is 13.3. The number of carbonyl (C=O) groups excluding carboxylic acids is 1. The van der Waals surface area contributed by atoms with E-state index in [-0.39, 0.29) is 24.4 Å². The summed E-state index contributed by atoms with van der Waals surface area (Å²) in [4.78, 5) is 15.0. The molecule has 2 amide bonds. The number of ether oxygens (including phenoxy) is 2. The molecule has 1 atom stereocenters. The number of benzene rings is 3. The van der Waals surface area contributed by atoms with Gasteiger partial charge in [0.05, 0.1) is 26.0 Å². The Morgan fingerprint density at radius 1 is 0.971 bits per heavy atom. The molecule has 8 nitrogen and oxygen atoms in total. The van der Waals surface area contributed by atoms with E-state index in [4.69, 9.17) is 9.47 Å². The van der Waals surface area contributed by atoms with E-state index < -0.39 is 10.0 Å². The van der Waals surface area contributed by atoms with Gasteiger partial charge in [0.15, 0.2) is 11.5 Å². The molecular weight excluding hydrogens is 466 g/mol. The number of hydrogen-bond donors (Lipinski definition) is 2. The Labute approximate surface area is 205 Å². The van der Waals surface area contributed by atoms with Crippen LogP contribution in [-0.4, -0.2) is 52.4 Å². The van der Waals surface area contributed by atoms with Crippen molar-refractivity contribution in [2.24, 2.45) is 0 Å². The van der Waals surface area contributed by atoms with E-state index in [0.717, 1.165) is 16.7 Å². The number of urea groups is 1. The van der Waals surface area contributed by atoms with Crippen molar-refractivity contribution in [3.8, 4) is 11.5 Å². The monoisotopic (exact) mass is 495 g/mol. The number of amides is 2. The van der Waals surface area contributed by atoms with E-state index in [1.807, 2.05) is 48.5 Å². The van der Waals surface area contributed by atoms with E-state index in [1.54, 1.807) is 43.4 Å². The van der Waals surface area contributed by atoms with Gasteiger partial charge in [0.2, 0.25) is 10.0 Å². The van der Waals surface area contributed by atoms with Crippen LogP contribution in [0.15, 0.2) is 72.8 Å². The molecule has 184 valence electrons. The molecule has 0 fully saturated rings. The third-order valence-corrected chi connectivity index (χ3v) is 7.23. The molecule has 1 aliphatic rings. The van der Waals surface area contributed by atoms with Gasteiger partial charge < -0.3 is 19.7 Å². The fourth-order valence-corrected chi connectivity index (χ4v) is 5.26. The Bertz CT molecular complexity index is 1270. The van der Waals surface area contributed by atoms with Crippen LogP contribution >= 0.6 is 0 Å². The van der Waals surface area contributed by atoms with Crippen LogP contribution in [0.3, 0.4) is 0 Å². The van der Waals surface area contributed by atoms with E-state index in [9.17, 15) is 13.2 Å². The molecule has 4 rings (SSSR count). The average Bonchev–Trinajstić information content (AvgIpc) is 2.87. The summed E-state index contributed by atoms with van der Waals surface area (Å²) in [5.74, 6) is 0.999.